The number of piperidine rings is 1. The van der Waals surface area contributed by atoms with E-state index in [-0.39, 0.29) is 36.3 Å². The van der Waals surface area contributed by atoms with Crippen LogP contribution in [0.3, 0.4) is 0 Å². The standard InChI is InChI=1S/C25H22N4O5/c1-13-2-6-19-17(10-13)14(12-26-19)3-8-21(30)27-15-4-5-16-18(11-15)25(34)29(24(16)33)20-7-9-22(31)28-23(20)32/h2,4-6,10-12,20,26H,3,7-9H2,1H3,(H,27,30)(H,28,31,32). The largest absolute Gasteiger partial charge is 0.361 e. The summed E-state index contributed by atoms with van der Waals surface area (Å²) >= 11 is 0. The van der Waals surface area contributed by atoms with Gasteiger partial charge in [-0.05, 0) is 55.7 Å². The molecular formula is C25H22N4O5. The van der Waals surface area contributed by atoms with Crippen LogP contribution < -0.4 is 10.6 Å². The Morgan fingerprint density at radius 2 is 1.85 bits per heavy atom. The van der Waals surface area contributed by atoms with E-state index in [0.29, 0.717) is 12.1 Å². The van der Waals surface area contributed by atoms with Crippen molar-refractivity contribution in [1.29, 1.82) is 0 Å². The van der Waals surface area contributed by atoms with Gasteiger partial charge in [0.25, 0.3) is 11.8 Å². The molecule has 3 heterocycles. The molecule has 5 rings (SSSR count). The van der Waals surface area contributed by atoms with Crippen LogP contribution in [0.1, 0.15) is 51.1 Å². The van der Waals surface area contributed by atoms with Crippen molar-refractivity contribution in [3.63, 3.8) is 0 Å². The molecule has 9 heteroatoms. The minimum absolute atomic E-state index is 0.0567. The molecule has 0 radical (unpaired) electrons. The lowest BCUT2D eigenvalue weighted by molar-refractivity contribution is -0.136. The van der Waals surface area contributed by atoms with Gasteiger partial charge in [0.2, 0.25) is 17.7 Å². The van der Waals surface area contributed by atoms with Gasteiger partial charge >= 0.3 is 0 Å². The maximum atomic E-state index is 12.9. The molecule has 1 unspecified atom stereocenters. The number of hydrogen-bond acceptors (Lipinski definition) is 5. The van der Waals surface area contributed by atoms with Crippen molar-refractivity contribution in [2.45, 2.75) is 38.6 Å². The summed E-state index contributed by atoms with van der Waals surface area (Å²) in [7, 11) is 0. The Kier molecular flexibility index (Phi) is 5.24. The molecule has 1 saturated heterocycles. The van der Waals surface area contributed by atoms with E-state index in [0.717, 1.165) is 26.9 Å². The number of aryl methyl sites for hydroxylation is 2. The van der Waals surface area contributed by atoms with Crippen LogP contribution in [-0.4, -0.2) is 45.5 Å². The fraction of sp³-hybridized carbons (Fsp3) is 0.240. The maximum absolute atomic E-state index is 12.9. The van der Waals surface area contributed by atoms with Gasteiger partial charge in [-0.3, -0.25) is 34.2 Å². The van der Waals surface area contributed by atoms with Gasteiger partial charge in [-0.1, -0.05) is 11.6 Å². The van der Waals surface area contributed by atoms with Gasteiger partial charge in [0.15, 0.2) is 0 Å². The first-order valence-electron chi connectivity index (χ1n) is 11.0. The molecule has 2 aliphatic heterocycles. The molecule has 1 aromatic heterocycles. The zero-order valence-corrected chi connectivity index (χ0v) is 18.4. The monoisotopic (exact) mass is 458 g/mol. The highest BCUT2D eigenvalue weighted by molar-refractivity contribution is 6.24. The maximum Gasteiger partial charge on any atom is 0.262 e. The second-order valence-corrected chi connectivity index (χ2v) is 8.62. The van der Waals surface area contributed by atoms with Crippen molar-refractivity contribution in [1.82, 2.24) is 15.2 Å². The molecule has 2 aliphatic rings. The lowest BCUT2D eigenvalue weighted by Crippen LogP contribution is -2.54. The first kappa shape index (κ1) is 21.6. The molecule has 5 amide bonds. The predicted molar refractivity (Wildman–Crippen MR) is 123 cm³/mol. The third kappa shape index (κ3) is 3.75. The molecular weight excluding hydrogens is 436 g/mol. The van der Waals surface area contributed by atoms with Gasteiger partial charge in [-0.15, -0.1) is 0 Å². The van der Waals surface area contributed by atoms with Crippen molar-refractivity contribution in [2.24, 2.45) is 0 Å². The van der Waals surface area contributed by atoms with Gasteiger partial charge in [0, 0.05) is 35.6 Å². The van der Waals surface area contributed by atoms with Crippen LogP contribution in [0.15, 0.2) is 42.6 Å². The topological polar surface area (TPSA) is 128 Å². The average molecular weight is 458 g/mol. The number of carbonyl (C=O) groups excluding carboxylic acids is 5. The number of H-pyrrole nitrogens is 1. The second kappa shape index (κ2) is 8.26. The van der Waals surface area contributed by atoms with E-state index in [1.165, 1.54) is 12.1 Å². The summed E-state index contributed by atoms with van der Waals surface area (Å²) in [6.45, 7) is 2.02. The Balaban J connectivity index is 1.27. The predicted octanol–water partition coefficient (Wildman–Crippen LogP) is 2.45. The number of fused-ring (bicyclic) bond motifs is 2. The number of aromatic nitrogens is 1. The van der Waals surface area contributed by atoms with E-state index < -0.39 is 29.7 Å². The van der Waals surface area contributed by atoms with Crippen LogP contribution in [0.4, 0.5) is 5.69 Å². The van der Waals surface area contributed by atoms with E-state index in [2.05, 4.69) is 21.7 Å². The third-order valence-corrected chi connectivity index (χ3v) is 6.27. The lowest BCUT2D eigenvalue weighted by atomic mass is 10.0. The molecule has 9 nitrogen and oxygen atoms in total. The molecule has 0 spiro atoms. The number of nitrogens with one attached hydrogen (secondary N) is 3. The highest BCUT2D eigenvalue weighted by Gasteiger charge is 2.44. The summed E-state index contributed by atoms with van der Waals surface area (Å²) < 4.78 is 0. The van der Waals surface area contributed by atoms with Crippen molar-refractivity contribution < 1.29 is 24.0 Å². The number of anilines is 1. The van der Waals surface area contributed by atoms with Crippen LogP contribution in [0, 0.1) is 6.92 Å². The van der Waals surface area contributed by atoms with Crippen molar-refractivity contribution in [2.75, 3.05) is 5.32 Å². The molecule has 0 aliphatic carbocycles. The minimum Gasteiger partial charge on any atom is -0.361 e. The van der Waals surface area contributed by atoms with E-state index >= 15 is 0 Å². The number of imide groups is 2. The summed E-state index contributed by atoms with van der Waals surface area (Å²) in [5.41, 5.74) is 3.89. The fourth-order valence-corrected chi connectivity index (χ4v) is 4.52. The number of carbonyl (C=O) groups is 5. The summed E-state index contributed by atoms with van der Waals surface area (Å²) in [5, 5.41) is 6.04. The summed E-state index contributed by atoms with van der Waals surface area (Å²) in [4.78, 5) is 66.0. The van der Waals surface area contributed by atoms with Crippen LogP contribution >= 0.6 is 0 Å². The number of amides is 5. The van der Waals surface area contributed by atoms with Crippen molar-refractivity contribution >= 4 is 46.1 Å². The first-order valence-corrected chi connectivity index (χ1v) is 11.0. The van der Waals surface area contributed by atoms with Gasteiger partial charge < -0.3 is 10.3 Å². The van der Waals surface area contributed by atoms with Crippen molar-refractivity contribution in [3.05, 3.63) is 64.8 Å². The molecule has 34 heavy (non-hydrogen) atoms. The number of rotatable bonds is 5. The molecule has 1 atom stereocenters. The Hall–Kier alpha value is -4.27. The first-order chi connectivity index (χ1) is 16.3. The van der Waals surface area contributed by atoms with Gasteiger partial charge in [0.1, 0.15) is 6.04 Å². The molecule has 172 valence electrons. The van der Waals surface area contributed by atoms with Gasteiger partial charge in [-0.2, -0.15) is 0 Å². The molecule has 0 bridgehead atoms. The van der Waals surface area contributed by atoms with E-state index in [9.17, 15) is 24.0 Å². The van der Waals surface area contributed by atoms with Gasteiger partial charge in [-0.25, -0.2) is 0 Å². The quantitative estimate of drug-likeness (QED) is 0.506. The zero-order chi connectivity index (χ0) is 24.0. The zero-order valence-electron chi connectivity index (χ0n) is 18.4. The Morgan fingerprint density at radius 1 is 1.06 bits per heavy atom. The Bertz CT molecular complexity index is 1390. The molecule has 3 N–H and O–H groups in total. The molecule has 1 fully saturated rings. The van der Waals surface area contributed by atoms with Crippen LogP contribution in [0.2, 0.25) is 0 Å². The third-order valence-electron chi connectivity index (χ3n) is 6.27. The van der Waals surface area contributed by atoms with E-state index in [1.807, 2.05) is 25.3 Å². The van der Waals surface area contributed by atoms with Gasteiger partial charge in [0.05, 0.1) is 11.1 Å². The normalized spacial score (nSPS) is 17.8. The number of hydrogen-bond donors (Lipinski definition) is 3. The molecule has 0 saturated carbocycles. The number of aromatic amines is 1. The Morgan fingerprint density at radius 3 is 2.65 bits per heavy atom. The second-order valence-electron chi connectivity index (χ2n) is 8.62. The number of nitrogens with zero attached hydrogens (tertiary/aromatic N) is 1. The van der Waals surface area contributed by atoms with E-state index in [4.69, 9.17) is 0 Å². The number of benzene rings is 2. The van der Waals surface area contributed by atoms with E-state index in [1.54, 1.807) is 6.07 Å². The highest BCUT2D eigenvalue weighted by atomic mass is 16.2. The smallest absolute Gasteiger partial charge is 0.262 e. The van der Waals surface area contributed by atoms with Crippen LogP contribution in [0.25, 0.3) is 10.9 Å². The van der Waals surface area contributed by atoms with Crippen molar-refractivity contribution in [3.8, 4) is 0 Å². The molecule has 3 aromatic rings. The fourth-order valence-electron chi connectivity index (χ4n) is 4.52. The average Bonchev–Trinajstić information content (AvgIpc) is 3.31. The van der Waals surface area contributed by atoms with Crippen LogP contribution in [0.5, 0.6) is 0 Å². The summed E-state index contributed by atoms with van der Waals surface area (Å²) in [5.74, 6) is -2.50. The minimum atomic E-state index is -1.03. The summed E-state index contributed by atoms with van der Waals surface area (Å²) in [6.07, 6.45) is 2.84. The lowest BCUT2D eigenvalue weighted by Gasteiger charge is -2.27. The highest BCUT2D eigenvalue weighted by Crippen LogP contribution is 2.29. The Labute approximate surface area is 194 Å². The summed E-state index contributed by atoms with van der Waals surface area (Å²) in [6, 6.07) is 9.57. The SMILES string of the molecule is Cc1ccc2[nH]cc(CCC(=O)Nc3ccc4c(c3)C(=O)N(C3CCC(=O)NC3=O)C4=O)c2c1. The van der Waals surface area contributed by atoms with Crippen LogP contribution in [-0.2, 0) is 20.8 Å². The molecule has 2 aromatic carbocycles.